The van der Waals surface area contributed by atoms with Crippen LogP contribution in [0.15, 0.2) is 12.3 Å². The molecule has 0 aromatic carbocycles. The van der Waals surface area contributed by atoms with Gasteiger partial charge in [0.25, 0.3) is 0 Å². The standard InChI is InChI=1S/C13H23N3O/c1-4-16(5-2)7-6-12(17)11-8-10(3)9-15-13(11)14/h8-9,12,17H,4-7H2,1-3H3,(H2,14,15). The lowest BCUT2D eigenvalue weighted by molar-refractivity contribution is 0.145. The van der Waals surface area contributed by atoms with E-state index >= 15 is 0 Å². The van der Waals surface area contributed by atoms with Crippen LogP contribution >= 0.6 is 0 Å². The SMILES string of the molecule is CCN(CC)CCC(O)c1cc(C)cnc1N. The lowest BCUT2D eigenvalue weighted by atomic mass is 10.1. The summed E-state index contributed by atoms with van der Waals surface area (Å²) in [6, 6.07) is 1.91. The van der Waals surface area contributed by atoms with Gasteiger partial charge >= 0.3 is 0 Å². The summed E-state index contributed by atoms with van der Waals surface area (Å²) in [7, 11) is 0. The first-order valence-corrected chi connectivity index (χ1v) is 6.20. The predicted octanol–water partition coefficient (Wildman–Crippen LogP) is 1.74. The van der Waals surface area contributed by atoms with Gasteiger partial charge in [-0.15, -0.1) is 0 Å². The smallest absolute Gasteiger partial charge is 0.129 e. The van der Waals surface area contributed by atoms with Gasteiger partial charge in [-0.3, -0.25) is 0 Å². The molecule has 4 heteroatoms. The van der Waals surface area contributed by atoms with Crippen molar-refractivity contribution in [3.63, 3.8) is 0 Å². The van der Waals surface area contributed by atoms with Crippen LogP contribution in [0.1, 0.15) is 37.5 Å². The van der Waals surface area contributed by atoms with Crippen LogP contribution in [0.25, 0.3) is 0 Å². The molecule has 1 aromatic rings. The highest BCUT2D eigenvalue weighted by Gasteiger charge is 2.13. The number of anilines is 1. The Bertz CT molecular complexity index is 351. The van der Waals surface area contributed by atoms with E-state index in [2.05, 4.69) is 23.7 Å². The number of pyridine rings is 1. The van der Waals surface area contributed by atoms with E-state index < -0.39 is 6.10 Å². The maximum Gasteiger partial charge on any atom is 0.129 e. The molecular weight excluding hydrogens is 214 g/mol. The number of rotatable bonds is 6. The first-order valence-electron chi connectivity index (χ1n) is 6.20. The van der Waals surface area contributed by atoms with Gasteiger partial charge in [0.15, 0.2) is 0 Å². The van der Waals surface area contributed by atoms with Crippen molar-refractivity contribution in [2.24, 2.45) is 0 Å². The zero-order valence-electron chi connectivity index (χ0n) is 11.0. The van der Waals surface area contributed by atoms with E-state index in [9.17, 15) is 5.11 Å². The number of aliphatic hydroxyl groups excluding tert-OH is 1. The number of nitrogen functional groups attached to an aromatic ring is 1. The van der Waals surface area contributed by atoms with Crippen LogP contribution in [0.3, 0.4) is 0 Å². The molecule has 0 spiro atoms. The molecule has 0 aliphatic rings. The topological polar surface area (TPSA) is 62.4 Å². The Labute approximate surface area is 103 Å². The van der Waals surface area contributed by atoms with Gasteiger partial charge in [0, 0.05) is 18.3 Å². The minimum Gasteiger partial charge on any atom is -0.388 e. The minimum absolute atomic E-state index is 0.433. The van der Waals surface area contributed by atoms with E-state index in [0.29, 0.717) is 12.2 Å². The summed E-state index contributed by atoms with van der Waals surface area (Å²) in [6.07, 6.45) is 1.88. The van der Waals surface area contributed by atoms with Gasteiger partial charge in [0.1, 0.15) is 5.82 Å². The normalized spacial score (nSPS) is 13.0. The van der Waals surface area contributed by atoms with E-state index in [1.807, 2.05) is 13.0 Å². The first kappa shape index (κ1) is 13.9. The minimum atomic E-state index is -0.525. The largest absolute Gasteiger partial charge is 0.388 e. The van der Waals surface area contributed by atoms with E-state index in [1.54, 1.807) is 6.20 Å². The summed E-state index contributed by atoms with van der Waals surface area (Å²) in [5.74, 6) is 0.433. The summed E-state index contributed by atoms with van der Waals surface area (Å²) >= 11 is 0. The predicted molar refractivity (Wildman–Crippen MR) is 70.8 cm³/mol. The Morgan fingerprint density at radius 3 is 2.65 bits per heavy atom. The van der Waals surface area contributed by atoms with Crippen molar-refractivity contribution >= 4 is 5.82 Å². The van der Waals surface area contributed by atoms with Crippen LogP contribution in [-0.4, -0.2) is 34.6 Å². The third-order valence-corrected chi connectivity index (χ3v) is 3.06. The zero-order chi connectivity index (χ0) is 12.8. The number of aromatic nitrogens is 1. The molecule has 17 heavy (non-hydrogen) atoms. The monoisotopic (exact) mass is 237 g/mol. The van der Waals surface area contributed by atoms with Crippen LogP contribution in [-0.2, 0) is 0 Å². The summed E-state index contributed by atoms with van der Waals surface area (Å²) in [5, 5.41) is 10.1. The molecule has 96 valence electrons. The Hall–Kier alpha value is -1.13. The van der Waals surface area contributed by atoms with Crippen molar-refractivity contribution < 1.29 is 5.11 Å². The second-order valence-electron chi connectivity index (χ2n) is 4.32. The van der Waals surface area contributed by atoms with Crippen LogP contribution < -0.4 is 5.73 Å². The zero-order valence-corrected chi connectivity index (χ0v) is 11.0. The van der Waals surface area contributed by atoms with Crippen molar-refractivity contribution in [1.82, 2.24) is 9.88 Å². The highest BCUT2D eigenvalue weighted by molar-refractivity contribution is 5.42. The lowest BCUT2D eigenvalue weighted by Crippen LogP contribution is -2.25. The molecule has 0 saturated carbocycles. The Balaban J connectivity index is 2.63. The number of hydrogen-bond donors (Lipinski definition) is 2. The molecular formula is C13H23N3O. The summed E-state index contributed by atoms with van der Waals surface area (Å²) in [5.41, 5.74) is 7.55. The van der Waals surface area contributed by atoms with E-state index in [1.165, 1.54) is 0 Å². The number of hydrogen-bond acceptors (Lipinski definition) is 4. The van der Waals surface area contributed by atoms with Gasteiger partial charge in [-0.25, -0.2) is 4.98 Å². The van der Waals surface area contributed by atoms with Crippen LogP contribution in [0, 0.1) is 6.92 Å². The molecule has 0 amide bonds. The Morgan fingerprint density at radius 1 is 1.41 bits per heavy atom. The molecule has 0 fully saturated rings. The molecule has 0 bridgehead atoms. The quantitative estimate of drug-likeness (QED) is 0.791. The van der Waals surface area contributed by atoms with E-state index in [4.69, 9.17) is 5.73 Å². The fraction of sp³-hybridized carbons (Fsp3) is 0.615. The second-order valence-corrected chi connectivity index (χ2v) is 4.32. The summed E-state index contributed by atoms with van der Waals surface area (Å²) < 4.78 is 0. The van der Waals surface area contributed by atoms with Crippen LogP contribution in [0.2, 0.25) is 0 Å². The Morgan fingerprint density at radius 2 is 2.06 bits per heavy atom. The number of nitrogens with two attached hydrogens (primary N) is 1. The average molecular weight is 237 g/mol. The molecule has 0 aliphatic heterocycles. The van der Waals surface area contributed by atoms with Crippen molar-refractivity contribution in [2.75, 3.05) is 25.4 Å². The summed E-state index contributed by atoms with van der Waals surface area (Å²) in [4.78, 5) is 6.35. The van der Waals surface area contributed by atoms with E-state index in [0.717, 1.165) is 30.8 Å². The number of nitrogens with zero attached hydrogens (tertiary/aromatic N) is 2. The fourth-order valence-corrected chi connectivity index (χ4v) is 1.87. The highest BCUT2D eigenvalue weighted by atomic mass is 16.3. The third-order valence-electron chi connectivity index (χ3n) is 3.06. The van der Waals surface area contributed by atoms with Crippen LogP contribution in [0.5, 0.6) is 0 Å². The molecule has 1 rings (SSSR count). The number of aryl methyl sites for hydroxylation is 1. The second kappa shape index (κ2) is 6.57. The van der Waals surface area contributed by atoms with Crippen molar-refractivity contribution in [3.8, 4) is 0 Å². The van der Waals surface area contributed by atoms with Crippen LogP contribution in [0.4, 0.5) is 5.82 Å². The van der Waals surface area contributed by atoms with Gasteiger partial charge in [0.05, 0.1) is 6.10 Å². The van der Waals surface area contributed by atoms with Gasteiger partial charge in [-0.1, -0.05) is 13.8 Å². The molecule has 1 atom stereocenters. The van der Waals surface area contributed by atoms with Crippen molar-refractivity contribution in [2.45, 2.75) is 33.3 Å². The molecule has 3 N–H and O–H groups in total. The molecule has 1 unspecified atom stereocenters. The van der Waals surface area contributed by atoms with E-state index in [-0.39, 0.29) is 0 Å². The molecule has 0 radical (unpaired) electrons. The Kier molecular flexibility index (Phi) is 5.38. The van der Waals surface area contributed by atoms with Gasteiger partial charge in [-0.05, 0) is 38.1 Å². The molecule has 1 heterocycles. The maximum absolute atomic E-state index is 10.1. The van der Waals surface area contributed by atoms with Gasteiger partial charge in [0.2, 0.25) is 0 Å². The van der Waals surface area contributed by atoms with Crippen molar-refractivity contribution in [1.29, 1.82) is 0 Å². The fourth-order valence-electron chi connectivity index (χ4n) is 1.87. The van der Waals surface area contributed by atoms with Crippen molar-refractivity contribution in [3.05, 3.63) is 23.4 Å². The number of aliphatic hydroxyl groups is 1. The third kappa shape index (κ3) is 3.98. The first-order chi connectivity index (χ1) is 8.08. The van der Waals surface area contributed by atoms with Gasteiger partial charge < -0.3 is 15.7 Å². The van der Waals surface area contributed by atoms with Gasteiger partial charge in [-0.2, -0.15) is 0 Å². The molecule has 0 saturated heterocycles. The highest BCUT2D eigenvalue weighted by Crippen LogP contribution is 2.22. The summed E-state index contributed by atoms with van der Waals surface area (Å²) in [6.45, 7) is 9.08. The molecule has 0 aliphatic carbocycles. The lowest BCUT2D eigenvalue weighted by Gasteiger charge is -2.20. The average Bonchev–Trinajstić information content (AvgIpc) is 2.33. The maximum atomic E-state index is 10.1. The molecule has 4 nitrogen and oxygen atoms in total. The molecule has 1 aromatic heterocycles.